The normalized spacial score (nSPS) is 12.0. The molecule has 0 heterocycles. The zero-order valence-electron chi connectivity index (χ0n) is 15.9. The van der Waals surface area contributed by atoms with Crippen LogP contribution in [0.2, 0.25) is 10.0 Å². The van der Waals surface area contributed by atoms with Crippen molar-refractivity contribution in [1.82, 2.24) is 0 Å². The van der Waals surface area contributed by atoms with Crippen molar-refractivity contribution in [2.75, 3.05) is 12.8 Å². The van der Waals surface area contributed by atoms with Gasteiger partial charge >= 0.3 is 0 Å². The third kappa shape index (κ3) is 6.23. The second-order valence-corrected chi connectivity index (χ2v) is 8.90. The van der Waals surface area contributed by atoms with E-state index in [0.29, 0.717) is 39.8 Å². The van der Waals surface area contributed by atoms with Crippen molar-refractivity contribution in [3.63, 3.8) is 0 Å². The highest BCUT2D eigenvalue weighted by Crippen LogP contribution is 2.33. The Kier molecular flexibility index (Phi) is 7.79. The number of hydrogen-bond acceptors (Lipinski definition) is 3. The Hall–Kier alpha value is -2.04. The van der Waals surface area contributed by atoms with Crippen LogP contribution in [0, 0.1) is 5.82 Å². The maximum absolute atomic E-state index is 13.1. The molecule has 8 heteroatoms. The predicted octanol–water partition coefficient (Wildman–Crippen LogP) is 5.87. The minimum Gasteiger partial charge on any atom is -0.508 e. The molecule has 2 N–H and O–H groups in total. The Bertz CT molecular complexity index is 1030. The lowest BCUT2D eigenvalue weighted by Crippen LogP contribution is -2.01. The van der Waals surface area contributed by atoms with Crippen molar-refractivity contribution < 1.29 is 23.7 Å². The Morgan fingerprint density at radius 2 is 1.57 bits per heavy atom. The molecule has 3 aromatic carbocycles. The first-order valence-electron chi connectivity index (χ1n) is 9.19. The van der Waals surface area contributed by atoms with Crippen molar-refractivity contribution in [1.29, 1.82) is 0 Å². The van der Waals surface area contributed by atoms with Gasteiger partial charge < -0.3 is 14.7 Å². The van der Waals surface area contributed by atoms with Crippen molar-refractivity contribution >= 4 is 31.2 Å². The smallest absolute Gasteiger partial charge is 0.192 e. The number of benzene rings is 3. The van der Waals surface area contributed by atoms with Gasteiger partial charge in [-0.2, -0.15) is 0 Å². The molecule has 0 fully saturated rings. The quantitative estimate of drug-likeness (QED) is 0.406. The predicted molar refractivity (Wildman–Crippen MR) is 118 cm³/mol. The van der Waals surface area contributed by atoms with Crippen molar-refractivity contribution in [3.8, 4) is 11.5 Å². The van der Waals surface area contributed by atoms with Gasteiger partial charge in [0.1, 0.15) is 17.3 Å². The van der Waals surface area contributed by atoms with E-state index < -0.39 is 8.03 Å². The minimum absolute atomic E-state index is 0.0615. The van der Waals surface area contributed by atoms with Gasteiger partial charge in [-0.1, -0.05) is 47.5 Å². The molecule has 3 rings (SSSR count). The van der Waals surface area contributed by atoms with E-state index in [4.69, 9.17) is 32.8 Å². The molecule has 0 aliphatic heterocycles. The lowest BCUT2D eigenvalue weighted by atomic mass is 9.98. The van der Waals surface area contributed by atoms with Gasteiger partial charge in [0.2, 0.25) is 0 Å². The van der Waals surface area contributed by atoms with E-state index in [1.165, 1.54) is 12.1 Å². The van der Waals surface area contributed by atoms with Crippen molar-refractivity contribution in [2.24, 2.45) is 0 Å². The van der Waals surface area contributed by atoms with Gasteiger partial charge in [-0.15, -0.1) is 0 Å². The van der Waals surface area contributed by atoms with Crippen LogP contribution in [0.1, 0.15) is 22.3 Å². The Morgan fingerprint density at radius 3 is 2.20 bits per heavy atom. The molecule has 0 bridgehead atoms. The van der Waals surface area contributed by atoms with Gasteiger partial charge in [-0.25, -0.2) is 4.39 Å². The second kappa shape index (κ2) is 10.3. The monoisotopic (exact) mass is 468 g/mol. The lowest BCUT2D eigenvalue weighted by molar-refractivity contribution is 0.337. The molecule has 0 radical (unpaired) electrons. The summed E-state index contributed by atoms with van der Waals surface area (Å²) >= 11 is 12.8. The molecule has 30 heavy (non-hydrogen) atoms. The fraction of sp³-hybridized carbons (Fsp3) is 0.182. The third-order valence-corrected chi connectivity index (χ3v) is 5.84. The Balaban J connectivity index is 1.77. The fourth-order valence-corrected chi connectivity index (χ4v) is 3.88. The first-order valence-corrected chi connectivity index (χ1v) is 11.5. The first-order chi connectivity index (χ1) is 14.3. The molecule has 0 saturated carbocycles. The van der Waals surface area contributed by atoms with Crippen LogP contribution >= 0.6 is 31.2 Å². The topological polar surface area (TPSA) is 66.8 Å². The van der Waals surface area contributed by atoms with Crippen LogP contribution in [0.4, 0.5) is 4.39 Å². The van der Waals surface area contributed by atoms with E-state index in [1.54, 1.807) is 36.4 Å². The molecular weight excluding hydrogens is 449 g/mol. The summed E-state index contributed by atoms with van der Waals surface area (Å²) in [4.78, 5) is 8.87. The minimum atomic E-state index is -2.58. The summed E-state index contributed by atoms with van der Waals surface area (Å²) in [6, 6.07) is 14.7. The number of hydrogen-bond donors (Lipinski definition) is 2. The second-order valence-electron chi connectivity index (χ2n) is 6.80. The van der Waals surface area contributed by atoms with Crippen molar-refractivity contribution in [3.05, 3.63) is 92.7 Å². The summed E-state index contributed by atoms with van der Waals surface area (Å²) in [6.07, 6.45) is 0.965. The lowest BCUT2D eigenvalue weighted by Gasteiger charge is -2.13. The molecular formula is C22H20Cl2FO4P. The molecule has 4 nitrogen and oxygen atoms in total. The van der Waals surface area contributed by atoms with Gasteiger partial charge in [-0.05, 0) is 52.6 Å². The van der Waals surface area contributed by atoms with Gasteiger partial charge in [0, 0.05) is 22.9 Å². The van der Waals surface area contributed by atoms with Crippen LogP contribution in [-0.2, 0) is 17.4 Å². The van der Waals surface area contributed by atoms with Crippen LogP contribution < -0.4 is 4.74 Å². The van der Waals surface area contributed by atoms with Crippen LogP contribution in [0.15, 0.2) is 54.6 Å². The van der Waals surface area contributed by atoms with Gasteiger partial charge in [0.25, 0.3) is 0 Å². The van der Waals surface area contributed by atoms with Crippen LogP contribution in [0.3, 0.4) is 0 Å². The highest BCUT2D eigenvalue weighted by Gasteiger charge is 2.12. The molecule has 0 spiro atoms. The standard InChI is InChI=1S/C22H20Cl2FO4P/c23-20-12-18(29-7-8-30(27)28)13-21(24)19(20)11-15-3-6-22(26)16(10-15)9-14-1-4-17(25)5-2-14/h1-6,10,12-13,26,30H,7-9,11H2,(H,27,28). The van der Waals surface area contributed by atoms with Crippen LogP contribution in [-0.4, -0.2) is 22.8 Å². The molecule has 0 saturated heterocycles. The zero-order chi connectivity index (χ0) is 21.7. The SMILES string of the molecule is O=[PH](O)CCOc1cc(Cl)c(Cc2ccc(O)c(Cc3ccc(F)cc3)c2)c(Cl)c1. The molecule has 0 aromatic heterocycles. The molecule has 1 atom stereocenters. The third-order valence-electron chi connectivity index (χ3n) is 4.53. The van der Waals surface area contributed by atoms with Gasteiger partial charge in [0.05, 0.1) is 12.8 Å². The van der Waals surface area contributed by atoms with Crippen molar-refractivity contribution in [2.45, 2.75) is 12.8 Å². The fourth-order valence-electron chi connectivity index (χ4n) is 3.00. The maximum Gasteiger partial charge on any atom is 0.192 e. The number of aromatic hydroxyl groups is 1. The number of halogens is 3. The summed E-state index contributed by atoms with van der Waals surface area (Å²) in [6.45, 7) is 0.102. The van der Waals surface area contributed by atoms with Crippen LogP contribution in [0.5, 0.6) is 11.5 Å². The van der Waals surface area contributed by atoms with Gasteiger partial charge in [0.15, 0.2) is 8.03 Å². The van der Waals surface area contributed by atoms with E-state index in [1.807, 2.05) is 6.07 Å². The van der Waals surface area contributed by atoms with Crippen LogP contribution in [0.25, 0.3) is 0 Å². The average Bonchev–Trinajstić information content (AvgIpc) is 2.68. The number of ether oxygens (including phenoxy) is 1. The maximum atomic E-state index is 13.1. The highest BCUT2D eigenvalue weighted by atomic mass is 35.5. The highest BCUT2D eigenvalue weighted by molar-refractivity contribution is 7.38. The molecule has 1 unspecified atom stereocenters. The summed E-state index contributed by atoms with van der Waals surface area (Å²) in [5.41, 5.74) is 3.21. The average molecular weight is 469 g/mol. The molecule has 0 aliphatic rings. The zero-order valence-corrected chi connectivity index (χ0v) is 18.4. The summed E-state index contributed by atoms with van der Waals surface area (Å²) in [7, 11) is -2.58. The summed E-state index contributed by atoms with van der Waals surface area (Å²) in [5.74, 6) is 0.283. The Morgan fingerprint density at radius 1 is 0.933 bits per heavy atom. The van der Waals surface area contributed by atoms with E-state index in [2.05, 4.69) is 0 Å². The largest absolute Gasteiger partial charge is 0.508 e. The number of phenols is 1. The number of phenolic OH excluding ortho intramolecular Hbond substituents is 1. The molecule has 0 aliphatic carbocycles. The summed E-state index contributed by atoms with van der Waals surface area (Å²) < 4.78 is 29.3. The molecule has 3 aromatic rings. The Labute approximate surface area is 184 Å². The summed E-state index contributed by atoms with van der Waals surface area (Å²) in [5, 5.41) is 11.0. The molecule has 0 amide bonds. The first kappa shape index (κ1) is 22.6. The molecule has 158 valence electrons. The van der Waals surface area contributed by atoms with E-state index in [0.717, 1.165) is 11.1 Å². The van der Waals surface area contributed by atoms with E-state index >= 15 is 0 Å². The van der Waals surface area contributed by atoms with E-state index in [9.17, 15) is 14.1 Å². The number of rotatable bonds is 8. The van der Waals surface area contributed by atoms with Gasteiger partial charge in [-0.3, -0.25) is 4.57 Å². The van der Waals surface area contributed by atoms with E-state index in [-0.39, 0.29) is 24.3 Å².